The van der Waals surface area contributed by atoms with Crippen molar-refractivity contribution in [2.24, 2.45) is 0 Å². The van der Waals surface area contributed by atoms with Gasteiger partial charge in [-0.2, -0.15) is 0 Å². The van der Waals surface area contributed by atoms with Gasteiger partial charge in [0, 0.05) is 13.5 Å². The van der Waals surface area contributed by atoms with Gasteiger partial charge in [-0.15, -0.1) is 0 Å². The van der Waals surface area contributed by atoms with Crippen LogP contribution in [0.25, 0.3) is 0 Å². The zero-order valence-electron chi connectivity index (χ0n) is 12.5. The minimum absolute atomic E-state index is 0.231. The highest BCUT2D eigenvalue weighted by Crippen LogP contribution is 2.35. The maximum absolute atomic E-state index is 12.3. The molecule has 1 aliphatic carbocycles. The van der Waals surface area contributed by atoms with Crippen molar-refractivity contribution in [2.45, 2.75) is 25.2 Å². The molecule has 0 radical (unpaired) electrons. The second-order valence-corrected chi connectivity index (χ2v) is 5.57. The molecule has 4 nitrogen and oxygen atoms in total. The maximum atomic E-state index is 12.3. The number of nitrogens with zero attached hydrogens (tertiary/aromatic N) is 1. The van der Waals surface area contributed by atoms with Crippen molar-refractivity contribution in [2.75, 3.05) is 7.05 Å². The summed E-state index contributed by atoms with van der Waals surface area (Å²) in [6, 6.07) is 17.0. The van der Waals surface area contributed by atoms with Crippen molar-refractivity contribution < 1.29 is 14.6 Å². The van der Waals surface area contributed by atoms with Crippen LogP contribution in [-0.4, -0.2) is 29.3 Å². The average Bonchev–Trinajstić information content (AvgIpc) is 2.88. The van der Waals surface area contributed by atoms with Crippen molar-refractivity contribution in [1.29, 1.82) is 0 Å². The standard InChI is InChI=1S/C18H19NO3/c1-19(18(21)22-12-13-7-3-2-4-8-13)17-15-10-6-5-9-14(15)11-16(17)20/h2-10,16-17,20H,11-12H2,1H3/t16-,17+/m1/s1. The van der Waals surface area contributed by atoms with Crippen LogP contribution in [0.1, 0.15) is 22.7 Å². The number of ether oxygens (including phenoxy) is 1. The summed E-state index contributed by atoms with van der Waals surface area (Å²) >= 11 is 0. The largest absolute Gasteiger partial charge is 0.445 e. The number of hydrogen-bond acceptors (Lipinski definition) is 3. The molecule has 0 aromatic heterocycles. The molecule has 0 heterocycles. The number of aliphatic hydroxyl groups is 1. The molecule has 0 bridgehead atoms. The molecule has 3 rings (SSSR count). The predicted molar refractivity (Wildman–Crippen MR) is 83.3 cm³/mol. The van der Waals surface area contributed by atoms with Gasteiger partial charge in [-0.05, 0) is 16.7 Å². The lowest BCUT2D eigenvalue weighted by Gasteiger charge is -2.27. The second kappa shape index (κ2) is 6.20. The summed E-state index contributed by atoms with van der Waals surface area (Å²) in [4.78, 5) is 13.7. The monoisotopic (exact) mass is 297 g/mol. The summed E-state index contributed by atoms with van der Waals surface area (Å²) in [5.41, 5.74) is 3.02. The van der Waals surface area contributed by atoms with E-state index in [9.17, 15) is 9.90 Å². The number of fused-ring (bicyclic) bond motifs is 1. The predicted octanol–water partition coefficient (Wildman–Crippen LogP) is 2.91. The number of carbonyl (C=O) groups excluding carboxylic acids is 1. The number of likely N-dealkylation sites (N-methyl/N-ethyl adjacent to an activating group) is 1. The van der Waals surface area contributed by atoms with Crippen molar-refractivity contribution in [3.8, 4) is 0 Å². The van der Waals surface area contributed by atoms with Crippen molar-refractivity contribution in [3.63, 3.8) is 0 Å². The highest BCUT2D eigenvalue weighted by atomic mass is 16.6. The van der Waals surface area contributed by atoms with Crippen LogP contribution in [0, 0.1) is 0 Å². The molecule has 0 spiro atoms. The first-order valence-electron chi connectivity index (χ1n) is 7.36. The highest BCUT2D eigenvalue weighted by molar-refractivity contribution is 5.68. The smallest absolute Gasteiger partial charge is 0.410 e. The first-order chi connectivity index (χ1) is 10.7. The summed E-state index contributed by atoms with van der Waals surface area (Å²) in [5.74, 6) is 0. The zero-order chi connectivity index (χ0) is 15.5. The van der Waals surface area contributed by atoms with Crippen LogP contribution in [0.2, 0.25) is 0 Å². The molecule has 2 atom stereocenters. The van der Waals surface area contributed by atoms with Crippen LogP contribution in [0.5, 0.6) is 0 Å². The number of amides is 1. The molecule has 0 unspecified atom stereocenters. The van der Waals surface area contributed by atoms with Gasteiger partial charge in [0.05, 0.1) is 12.1 Å². The lowest BCUT2D eigenvalue weighted by atomic mass is 10.1. The Hall–Kier alpha value is -2.33. The minimum atomic E-state index is -0.591. The van der Waals surface area contributed by atoms with E-state index in [0.717, 1.165) is 16.7 Å². The quantitative estimate of drug-likeness (QED) is 0.947. The summed E-state index contributed by atoms with van der Waals surface area (Å²) in [6.45, 7) is 0.231. The Morgan fingerprint density at radius 1 is 1.18 bits per heavy atom. The topological polar surface area (TPSA) is 49.8 Å². The molecule has 0 fully saturated rings. The first kappa shape index (κ1) is 14.6. The van der Waals surface area contributed by atoms with Crippen LogP contribution in [0.4, 0.5) is 4.79 Å². The second-order valence-electron chi connectivity index (χ2n) is 5.57. The van der Waals surface area contributed by atoms with Crippen molar-refractivity contribution in [3.05, 3.63) is 71.3 Å². The van der Waals surface area contributed by atoms with E-state index in [0.29, 0.717) is 6.42 Å². The molecule has 22 heavy (non-hydrogen) atoms. The van der Waals surface area contributed by atoms with Gasteiger partial charge in [0.15, 0.2) is 0 Å². The Balaban J connectivity index is 1.68. The van der Waals surface area contributed by atoms with Crippen molar-refractivity contribution in [1.82, 2.24) is 4.90 Å². The summed E-state index contributed by atoms with van der Waals surface area (Å²) in [5, 5.41) is 10.3. The van der Waals surface area contributed by atoms with Crippen LogP contribution in [0.15, 0.2) is 54.6 Å². The van der Waals surface area contributed by atoms with E-state index in [-0.39, 0.29) is 12.6 Å². The average molecular weight is 297 g/mol. The first-order valence-corrected chi connectivity index (χ1v) is 7.36. The molecule has 1 N–H and O–H groups in total. The van der Waals surface area contributed by atoms with Gasteiger partial charge in [-0.1, -0.05) is 54.6 Å². The number of aliphatic hydroxyl groups excluding tert-OH is 1. The van der Waals surface area contributed by atoms with Crippen LogP contribution in [0.3, 0.4) is 0 Å². The third kappa shape index (κ3) is 2.83. The molecule has 2 aromatic rings. The Morgan fingerprint density at radius 3 is 2.64 bits per heavy atom. The fraction of sp³-hybridized carbons (Fsp3) is 0.278. The van der Waals surface area contributed by atoms with Gasteiger partial charge in [0.2, 0.25) is 0 Å². The Morgan fingerprint density at radius 2 is 1.86 bits per heavy atom. The summed E-state index contributed by atoms with van der Waals surface area (Å²) in [6.07, 6.45) is -0.451. The van der Waals surface area contributed by atoms with E-state index >= 15 is 0 Å². The lowest BCUT2D eigenvalue weighted by molar-refractivity contribution is 0.0493. The molecule has 1 amide bonds. The van der Waals surface area contributed by atoms with Gasteiger partial charge < -0.3 is 14.7 Å². The molecule has 1 aliphatic rings. The fourth-order valence-electron chi connectivity index (χ4n) is 2.95. The molecule has 0 aliphatic heterocycles. The van der Waals surface area contributed by atoms with Crippen LogP contribution in [-0.2, 0) is 17.8 Å². The van der Waals surface area contributed by atoms with Gasteiger partial charge >= 0.3 is 6.09 Å². The lowest BCUT2D eigenvalue weighted by Crippen LogP contribution is -2.36. The third-order valence-electron chi connectivity index (χ3n) is 4.08. The van der Waals surface area contributed by atoms with Crippen LogP contribution >= 0.6 is 0 Å². The maximum Gasteiger partial charge on any atom is 0.410 e. The fourth-order valence-corrected chi connectivity index (χ4v) is 2.95. The van der Waals surface area contributed by atoms with Gasteiger partial charge in [0.1, 0.15) is 6.61 Å². The normalized spacial score (nSPS) is 19.5. The molecule has 4 heteroatoms. The summed E-state index contributed by atoms with van der Waals surface area (Å²) < 4.78 is 5.34. The van der Waals surface area contributed by atoms with Gasteiger partial charge in [0.25, 0.3) is 0 Å². The van der Waals surface area contributed by atoms with Gasteiger partial charge in [-0.25, -0.2) is 4.79 Å². The Kier molecular flexibility index (Phi) is 4.11. The third-order valence-corrected chi connectivity index (χ3v) is 4.08. The minimum Gasteiger partial charge on any atom is -0.445 e. The van der Waals surface area contributed by atoms with Crippen molar-refractivity contribution >= 4 is 6.09 Å². The molecular weight excluding hydrogens is 278 g/mol. The number of carbonyl (C=O) groups is 1. The number of benzene rings is 2. The molecule has 0 saturated carbocycles. The van der Waals surface area contributed by atoms with Gasteiger partial charge in [-0.3, -0.25) is 0 Å². The Bertz CT molecular complexity index is 656. The molecular formula is C18H19NO3. The van der Waals surface area contributed by atoms with Crippen LogP contribution < -0.4 is 0 Å². The number of hydrogen-bond donors (Lipinski definition) is 1. The van der Waals surface area contributed by atoms with E-state index in [4.69, 9.17) is 4.74 Å². The summed E-state index contributed by atoms with van der Waals surface area (Å²) in [7, 11) is 1.67. The van der Waals surface area contributed by atoms with E-state index in [1.807, 2.05) is 54.6 Å². The molecule has 2 aromatic carbocycles. The number of rotatable bonds is 3. The van der Waals surface area contributed by atoms with E-state index < -0.39 is 12.2 Å². The zero-order valence-corrected chi connectivity index (χ0v) is 12.5. The van der Waals surface area contributed by atoms with E-state index in [2.05, 4.69) is 0 Å². The molecule has 114 valence electrons. The van der Waals surface area contributed by atoms with E-state index in [1.165, 1.54) is 4.90 Å². The molecule has 0 saturated heterocycles. The highest BCUT2D eigenvalue weighted by Gasteiger charge is 2.36. The van der Waals surface area contributed by atoms with E-state index in [1.54, 1.807) is 7.05 Å². The SMILES string of the molecule is CN(C(=O)OCc1ccccc1)[C@H]1c2ccccc2C[C@H]1O. The Labute approximate surface area is 130 Å².